The summed E-state index contributed by atoms with van der Waals surface area (Å²) in [6.07, 6.45) is 2.17. The smallest absolute Gasteiger partial charge is 0.337 e. The van der Waals surface area contributed by atoms with Gasteiger partial charge in [0.2, 0.25) is 0 Å². The summed E-state index contributed by atoms with van der Waals surface area (Å²) in [4.78, 5) is 24.5. The maximum Gasteiger partial charge on any atom is 0.337 e. The summed E-state index contributed by atoms with van der Waals surface area (Å²) < 4.78 is 24.0. The van der Waals surface area contributed by atoms with Crippen molar-refractivity contribution in [3.8, 4) is 17.2 Å². The molecule has 2 aromatic carbocycles. The van der Waals surface area contributed by atoms with Crippen LogP contribution in [0.15, 0.2) is 59.4 Å². The Morgan fingerprint density at radius 2 is 1.93 bits per heavy atom. The van der Waals surface area contributed by atoms with Gasteiger partial charge in [-0.05, 0) is 94.4 Å². The number of nitrogens with one attached hydrogen (secondary N) is 3. The highest BCUT2D eigenvalue weighted by Gasteiger charge is 2.32. The van der Waals surface area contributed by atoms with Crippen LogP contribution < -0.4 is 30.3 Å². The van der Waals surface area contributed by atoms with Crippen LogP contribution >= 0.6 is 45.2 Å². The Labute approximate surface area is 259 Å². The monoisotopic (exact) mass is 776 g/mol. The first-order valence-electron chi connectivity index (χ1n) is 12.1. The van der Waals surface area contributed by atoms with Gasteiger partial charge in [-0.25, -0.2) is 9.59 Å². The van der Waals surface area contributed by atoms with E-state index in [1.807, 2.05) is 19.1 Å². The number of methoxy groups -OCH3 is 1. The van der Waals surface area contributed by atoms with E-state index in [2.05, 4.69) is 72.9 Å². The molecule has 1 aliphatic rings. The van der Waals surface area contributed by atoms with Crippen molar-refractivity contribution >= 4 is 63.4 Å². The largest absolute Gasteiger partial charge is 0.490 e. The average Bonchev–Trinajstić information content (AvgIpc) is 2.91. The van der Waals surface area contributed by atoms with Gasteiger partial charge in [0.15, 0.2) is 17.7 Å². The highest BCUT2D eigenvalue weighted by molar-refractivity contribution is 14.1. The Morgan fingerprint density at radius 1 is 1.20 bits per heavy atom. The second-order valence-electron chi connectivity index (χ2n) is 8.33. The number of halogens is 2. The molecule has 4 N–H and O–H groups in total. The molecule has 13 heteroatoms. The molecule has 3 rings (SSSR count). The summed E-state index contributed by atoms with van der Waals surface area (Å²) in [5.41, 5.74) is 4.74. The fraction of sp³-hybridized carbons (Fsp3) is 0.296. The number of hydrogen-bond acceptors (Lipinski definition) is 9. The Hall–Kier alpha value is -3.05. The van der Waals surface area contributed by atoms with Gasteiger partial charge >= 0.3 is 12.0 Å². The molecule has 0 fully saturated rings. The van der Waals surface area contributed by atoms with Gasteiger partial charge in [-0.2, -0.15) is 5.10 Å². The fourth-order valence-corrected chi connectivity index (χ4v) is 5.88. The number of carbonyl (C=O) groups is 2. The van der Waals surface area contributed by atoms with Crippen molar-refractivity contribution in [2.45, 2.75) is 26.1 Å². The van der Waals surface area contributed by atoms with Crippen LogP contribution in [0.5, 0.6) is 17.2 Å². The van der Waals surface area contributed by atoms with Crippen LogP contribution in [-0.2, 0) is 9.53 Å². The number of amides is 2. The van der Waals surface area contributed by atoms with Crippen LogP contribution in [0.4, 0.5) is 4.79 Å². The minimum absolute atomic E-state index is 0.128. The van der Waals surface area contributed by atoms with E-state index in [9.17, 15) is 14.7 Å². The summed E-state index contributed by atoms with van der Waals surface area (Å²) in [5, 5.41) is 19.8. The lowest BCUT2D eigenvalue weighted by atomic mass is 9.95. The molecule has 2 atom stereocenters. The zero-order valence-electron chi connectivity index (χ0n) is 22.1. The van der Waals surface area contributed by atoms with Crippen molar-refractivity contribution < 1.29 is 33.6 Å². The number of ether oxygens (including phenoxy) is 4. The SMILES string of the molecule is C=CCOc1c(I)cc(/C=N\N[C@H](O)COc2ccc([C@@H]3NC(=O)NC(C)=C3C(=O)OC)cc2OCC)cc1I. The molecular weight excluding hydrogens is 746 g/mol. The lowest BCUT2D eigenvalue weighted by Gasteiger charge is -2.28. The molecule has 214 valence electrons. The van der Waals surface area contributed by atoms with Crippen molar-refractivity contribution in [1.29, 1.82) is 0 Å². The topological polar surface area (TPSA) is 140 Å². The number of esters is 1. The first-order valence-corrected chi connectivity index (χ1v) is 14.3. The third kappa shape index (κ3) is 8.23. The predicted octanol–water partition coefficient (Wildman–Crippen LogP) is 3.98. The predicted molar refractivity (Wildman–Crippen MR) is 167 cm³/mol. The van der Waals surface area contributed by atoms with Crippen molar-refractivity contribution in [2.24, 2.45) is 5.10 Å². The van der Waals surface area contributed by atoms with E-state index in [1.165, 1.54) is 7.11 Å². The van der Waals surface area contributed by atoms with E-state index >= 15 is 0 Å². The maximum atomic E-state index is 12.4. The van der Waals surface area contributed by atoms with Gasteiger partial charge in [0.25, 0.3) is 0 Å². The van der Waals surface area contributed by atoms with Gasteiger partial charge in [-0.3, -0.25) is 5.43 Å². The minimum atomic E-state index is -1.11. The number of hydrazone groups is 1. The van der Waals surface area contributed by atoms with Crippen LogP contribution in [0.2, 0.25) is 0 Å². The molecule has 1 aliphatic heterocycles. The van der Waals surface area contributed by atoms with Gasteiger partial charge in [0, 0.05) is 5.70 Å². The van der Waals surface area contributed by atoms with E-state index < -0.39 is 24.3 Å². The second kappa shape index (κ2) is 15.1. The summed E-state index contributed by atoms with van der Waals surface area (Å²) in [6.45, 7) is 7.75. The molecule has 1 heterocycles. The number of hydrogen-bond donors (Lipinski definition) is 4. The number of allylic oxidation sites excluding steroid dienone is 1. The van der Waals surface area contributed by atoms with Crippen LogP contribution in [0.3, 0.4) is 0 Å². The molecule has 0 saturated carbocycles. The molecule has 0 radical (unpaired) electrons. The van der Waals surface area contributed by atoms with Crippen molar-refractivity contribution in [3.63, 3.8) is 0 Å². The zero-order valence-corrected chi connectivity index (χ0v) is 26.4. The summed E-state index contributed by atoms with van der Waals surface area (Å²) >= 11 is 4.39. The van der Waals surface area contributed by atoms with E-state index in [4.69, 9.17) is 18.9 Å². The molecule has 0 aromatic heterocycles. The van der Waals surface area contributed by atoms with Gasteiger partial charge in [0.1, 0.15) is 19.0 Å². The quantitative estimate of drug-likeness (QED) is 0.0599. The zero-order chi connectivity index (χ0) is 29.2. The number of benzene rings is 2. The second-order valence-corrected chi connectivity index (χ2v) is 10.7. The molecule has 2 aromatic rings. The molecule has 2 amide bonds. The lowest BCUT2D eigenvalue weighted by molar-refractivity contribution is -0.136. The standard InChI is InChI=1S/C27H30I2N4O7/c1-5-9-39-25-18(28)10-16(11-19(25)29)13-30-33-22(34)14-40-20-8-7-17(12-21(20)38-6-2)24-23(26(35)37-4)15(3)31-27(36)32-24/h5,7-8,10-13,22,24,33-34H,1,6,9,14H2,2-4H3,(H2,31,32,36)/b30-13-/t22-,24+/m1/s1. The van der Waals surface area contributed by atoms with Crippen molar-refractivity contribution in [1.82, 2.24) is 16.1 Å². The molecule has 0 aliphatic carbocycles. The number of aliphatic hydroxyl groups excluding tert-OH is 1. The van der Waals surface area contributed by atoms with E-state index in [0.29, 0.717) is 36.0 Å². The highest BCUT2D eigenvalue weighted by Crippen LogP contribution is 2.35. The van der Waals surface area contributed by atoms with Crippen LogP contribution in [0.1, 0.15) is 31.0 Å². The van der Waals surface area contributed by atoms with E-state index in [0.717, 1.165) is 18.5 Å². The molecule has 0 saturated heterocycles. The average molecular weight is 776 g/mol. The van der Waals surface area contributed by atoms with Gasteiger partial charge < -0.3 is 34.7 Å². The molecule has 40 heavy (non-hydrogen) atoms. The number of aliphatic hydroxyl groups is 1. The maximum absolute atomic E-state index is 12.4. The lowest BCUT2D eigenvalue weighted by Crippen LogP contribution is -2.45. The van der Waals surface area contributed by atoms with Crippen LogP contribution in [0, 0.1) is 7.14 Å². The summed E-state index contributed by atoms with van der Waals surface area (Å²) in [6, 6.07) is 7.67. The van der Waals surface area contributed by atoms with Crippen LogP contribution in [0.25, 0.3) is 0 Å². The Kier molecular flexibility index (Phi) is 11.9. The molecule has 0 unspecified atom stereocenters. The number of carbonyl (C=O) groups excluding carboxylic acids is 2. The minimum Gasteiger partial charge on any atom is -0.490 e. The third-order valence-corrected chi connectivity index (χ3v) is 7.08. The number of nitrogens with zero attached hydrogens (tertiary/aromatic N) is 1. The Balaban J connectivity index is 1.68. The first-order chi connectivity index (χ1) is 19.2. The van der Waals surface area contributed by atoms with Gasteiger partial charge in [0.05, 0.1) is 38.7 Å². The van der Waals surface area contributed by atoms with E-state index in [1.54, 1.807) is 37.4 Å². The number of rotatable bonds is 13. The van der Waals surface area contributed by atoms with Gasteiger partial charge in [-0.15, -0.1) is 0 Å². The Morgan fingerprint density at radius 3 is 2.58 bits per heavy atom. The molecular formula is C27H30I2N4O7. The van der Waals surface area contributed by atoms with E-state index in [-0.39, 0.29) is 12.2 Å². The van der Waals surface area contributed by atoms with Crippen LogP contribution in [-0.4, -0.2) is 56.5 Å². The van der Waals surface area contributed by atoms with Gasteiger partial charge in [-0.1, -0.05) is 18.7 Å². The molecule has 0 bridgehead atoms. The fourth-order valence-electron chi connectivity index (χ4n) is 3.75. The van der Waals surface area contributed by atoms with Crippen molar-refractivity contribution in [2.75, 3.05) is 26.9 Å². The first kappa shape index (κ1) is 31.5. The Bertz CT molecular complexity index is 1290. The molecule has 0 spiro atoms. The highest BCUT2D eigenvalue weighted by atomic mass is 127. The number of urea groups is 1. The third-order valence-electron chi connectivity index (χ3n) is 5.48. The normalized spacial score (nSPS) is 15.7. The summed E-state index contributed by atoms with van der Waals surface area (Å²) in [7, 11) is 1.28. The van der Waals surface area contributed by atoms with Crippen molar-refractivity contribution in [3.05, 3.63) is 72.5 Å². The molecule has 11 nitrogen and oxygen atoms in total. The summed E-state index contributed by atoms with van der Waals surface area (Å²) in [5.74, 6) is 0.971.